The zero-order valence-electron chi connectivity index (χ0n) is 14.0. The van der Waals surface area contributed by atoms with E-state index in [0.717, 1.165) is 0 Å². The van der Waals surface area contributed by atoms with Crippen LogP contribution in [0.2, 0.25) is 0 Å². The van der Waals surface area contributed by atoms with Gasteiger partial charge in [0.05, 0.1) is 0 Å². The fraction of sp³-hybridized carbons (Fsp3) is 0.909. The summed E-state index contributed by atoms with van der Waals surface area (Å²) in [6, 6.07) is 0. The molecule has 0 aromatic heterocycles. The van der Waals surface area contributed by atoms with Gasteiger partial charge in [-0.05, 0) is 0 Å². The van der Waals surface area contributed by atoms with Gasteiger partial charge in [0.2, 0.25) is 6.17 Å². The van der Waals surface area contributed by atoms with Crippen molar-refractivity contribution in [3.63, 3.8) is 0 Å². The molecule has 0 rings (SSSR count). The van der Waals surface area contributed by atoms with E-state index < -0.39 is 65.9 Å². The van der Waals surface area contributed by atoms with E-state index in [9.17, 15) is 92.7 Å². The zero-order chi connectivity index (χ0) is 27.4. The van der Waals surface area contributed by atoms with Gasteiger partial charge in [-0.2, -0.15) is 70.2 Å². The lowest BCUT2D eigenvalue weighted by atomic mass is 9.87. The van der Waals surface area contributed by atoms with Crippen molar-refractivity contribution in [2.24, 2.45) is 0 Å². The molecule has 0 saturated heterocycles. The number of carbonyl (C=O) groups is 1. The second-order valence-corrected chi connectivity index (χ2v) is 5.74. The van der Waals surface area contributed by atoms with E-state index >= 15 is 0 Å². The Hall–Kier alpha value is -1.93. The van der Waals surface area contributed by atoms with Crippen LogP contribution >= 0.6 is 0 Å². The predicted octanol–water partition coefficient (Wildman–Crippen LogP) is 6.10. The van der Waals surface area contributed by atoms with Gasteiger partial charge >= 0.3 is 53.3 Å². The molecule has 33 heavy (non-hydrogen) atoms. The van der Waals surface area contributed by atoms with E-state index in [1.54, 1.807) is 0 Å². The van der Waals surface area contributed by atoms with Crippen LogP contribution in [0.4, 0.5) is 87.9 Å². The normalized spacial score (nSPS) is 16.8. The number of rotatable bonds is 10. The van der Waals surface area contributed by atoms with Crippen LogP contribution in [0.3, 0.4) is 0 Å². The number of hydrogen-bond donors (Lipinski definition) is 0. The second-order valence-electron chi connectivity index (χ2n) is 5.74. The second kappa shape index (κ2) is 8.08. The molecule has 0 amide bonds. The highest BCUT2D eigenvalue weighted by atomic mass is 19.4. The summed E-state index contributed by atoms with van der Waals surface area (Å²) >= 11 is 0. The molecule has 0 saturated carbocycles. The Morgan fingerprint density at radius 1 is 0.515 bits per heavy atom. The highest BCUT2D eigenvalue weighted by molar-refractivity contribution is 5.78. The van der Waals surface area contributed by atoms with Crippen LogP contribution in [-0.4, -0.2) is 65.9 Å². The number of carbonyl (C=O) groups excluding carboxylic acids is 1. The summed E-state index contributed by atoms with van der Waals surface area (Å²) in [4.78, 5) is 11.4. The molecule has 0 bridgehead atoms. The lowest BCUT2D eigenvalue weighted by Gasteiger charge is -2.43. The molecule has 0 spiro atoms. The van der Waals surface area contributed by atoms with Gasteiger partial charge in [0.15, 0.2) is 0 Å². The van der Waals surface area contributed by atoms with Gasteiger partial charge in [-0.3, -0.25) is 0 Å². The Morgan fingerprint density at radius 2 is 0.788 bits per heavy atom. The first-order chi connectivity index (χ1) is 14.1. The molecule has 2 nitrogen and oxygen atoms in total. The quantitative estimate of drug-likeness (QED) is 0.310. The molecule has 0 aliphatic rings. The summed E-state index contributed by atoms with van der Waals surface area (Å²) in [6.07, 6.45) is -11.3. The van der Waals surface area contributed by atoms with Gasteiger partial charge in [-0.15, -0.1) is 0 Å². The first-order valence-corrected chi connectivity index (χ1v) is 6.86. The molecular formula is C11H2F20O2. The molecule has 1 unspecified atom stereocenters. The molecule has 1 atom stereocenters. The first-order valence-electron chi connectivity index (χ1n) is 6.86. The van der Waals surface area contributed by atoms with Gasteiger partial charge in [-0.1, -0.05) is 0 Å². The van der Waals surface area contributed by atoms with Crippen LogP contribution in [0.1, 0.15) is 0 Å². The maximum atomic E-state index is 13.3. The molecule has 0 radical (unpaired) electrons. The van der Waals surface area contributed by atoms with Crippen molar-refractivity contribution in [1.82, 2.24) is 0 Å². The van der Waals surface area contributed by atoms with Crippen LogP contribution in [-0.2, 0) is 9.74 Å². The van der Waals surface area contributed by atoms with Gasteiger partial charge < -0.3 is 0 Å². The number of halogens is 20. The Labute approximate surface area is 165 Å². The SMILES string of the molecule is O=C(OF)C(F)(F)C(F)(F)C(F)(F)C(F)(F)C(F)(F)C(F)(F)C(F)(F)C(F)(F)C(F)C(F)F. The third-order valence-electron chi connectivity index (χ3n) is 3.68. The van der Waals surface area contributed by atoms with E-state index in [2.05, 4.69) is 0 Å². The highest BCUT2D eigenvalue weighted by Gasteiger charge is 2.96. The van der Waals surface area contributed by atoms with Crippen molar-refractivity contribution in [2.75, 3.05) is 0 Å². The van der Waals surface area contributed by atoms with Crippen molar-refractivity contribution in [2.45, 2.75) is 60.0 Å². The Balaban J connectivity index is 6.92. The monoisotopic (exact) mass is 546 g/mol. The van der Waals surface area contributed by atoms with E-state index in [0.29, 0.717) is 0 Å². The van der Waals surface area contributed by atoms with Crippen molar-refractivity contribution in [3.8, 4) is 0 Å². The molecule has 198 valence electrons. The minimum Gasteiger partial charge on any atom is -0.248 e. The summed E-state index contributed by atoms with van der Waals surface area (Å²) in [6.45, 7) is 0. The molecule has 0 aromatic rings. The lowest BCUT2D eigenvalue weighted by Crippen LogP contribution is -2.76. The fourth-order valence-electron chi connectivity index (χ4n) is 1.70. The molecule has 0 aliphatic carbocycles. The summed E-state index contributed by atoms with van der Waals surface area (Å²) in [5.41, 5.74) is 0. The van der Waals surface area contributed by atoms with Gasteiger partial charge in [0, 0.05) is 4.53 Å². The molecule has 0 aliphatic heterocycles. The largest absolute Gasteiger partial charge is 0.424 e. The van der Waals surface area contributed by atoms with Gasteiger partial charge in [-0.25, -0.2) is 22.9 Å². The third kappa shape index (κ3) is 3.79. The predicted molar refractivity (Wildman–Crippen MR) is 57.7 cm³/mol. The van der Waals surface area contributed by atoms with Crippen molar-refractivity contribution >= 4 is 5.97 Å². The summed E-state index contributed by atoms with van der Waals surface area (Å²) < 4.78 is 257. The lowest BCUT2D eigenvalue weighted by molar-refractivity contribution is -0.454. The summed E-state index contributed by atoms with van der Waals surface area (Å²) in [5.74, 6) is -72.6. The topological polar surface area (TPSA) is 26.3 Å². The standard InChI is InChI=1S/C11H2F20O2/c12-1(2(13)14)4(15,16)6(19,20)8(23,24)10(27,28)11(29,30)9(25,26)7(21,22)5(17,18)3(32)33-31/h1-2H. The van der Waals surface area contributed by atoms with Gasteiger partial charge in [0.25, 0.3) is 6.43 Å². The highest BCUT2D eigenvalue weighted by Crippen LogP contribution is 2.64. The minimum absolute atomic E-state index is 1.30. The van der Waals surface area contributed by atoms with E-state index in [4.69, 9.17) is 0 Å². The van der Waals surface area contributed by atoms with E-state index in [-0.39, 0.29) is 0 Å². The van der Waals surface area contributed by atoms with Crippen molar-refractivity contribution in [3.05, 3.63) is 0 Å². The average Bonchev–Trinajstić information content (AvgIpc) is 2.64. The fourth-order valence-corrected chi connectivity index (χ4v) is 1.70. The third-order valence-corrected chi connectivity index (χ3v) is 3.68. The van der Waals surface area contributed by atoms with Gasteiger partial charge in [0.1, 0.15) is 0 Å². The summed E-state index contributed by atoms with van der Waals surface area (Å²) in [7, 11) is 0. The van der Waals surface area contributed by atoms with Crippen LogP contribution in [0.5, 0.6) is 0 Å². The minimum atomic E-state index is -9.02. The van der Waals surface area contributed by atoms with E-state index in [1.807, 2.05) is 0 Å². The molecule has 0 fully saturated rings. The molecule has 0 N–H and O–H groups in total. The molecule has 0 heterocycles. The van der Waals surface area contributed by atoms with Crippen LogP contribution in [0.15, 0.2) is 0 Å². The Bertz CT molecular complexity index is 726. The van der Waals surface area contributed by atoms with Crippen molar-refractivity contribution < 1.29 is 97.7 Å². The van der Waals surface area contributed by atoms with Crippen LogP contribution in [0, 0.1) is 0 Å². The Morgan fingerprint density at radius 3 is 1.06 bits per heavy atom. The molecular weight excluding hydrogens is 544 g/mol. The summed E-state index contributed by atoms with van der Waals surface area (Å²) in [5, 5.41) is 0. The van der Waals surface area contributed by atoms with E-state index in [1.165, 1.54) is 4.94 Å². The van der Waals surface area contributed by atoms with Crippen LogP contribution in [0.25, 0.3) is 0 Å². The maximum Gasteiger partial charge on any atom is 0.424 e. The van der Waals surface area contributed by atoms with Crippen molar-refractivity contribution in [1.29, 1.82) is 0 Å². The molecule has 0 aromatic carbocycles. The Kier molecular flexibility index (Phi) is 7.61. The zero-order valence-corrected chi connectivity index (χ0v) is 14.0. The maximum absolute atomic E-state index is 13.3. The number of alkyl halides is 19. The molecule has 22 heteroatoms. The smallest absolute Gasteiger partial charge is 0.248 e. The first kappa shape index (κ1) is 31.1. The average molecular weight is 546 g/mol. The van der Waals surface area contributed by atoms with Crippen LogP contribution < -0.4 is 0 Å². The number of hydrogen-bond acceptors (Lipinski definition) is 2.